The normalized spacial score (nSPS) is 11.1. The molecule has 0 aliphatic heterocycles. The van der Waals surface area contributed by atoms with Gasteiger partial charge in [0.2, 0.25) is 5.71 Å². The van der Waals surface area contributed by atoms with Crippen molar-refractivity contribution < 1.29 is 4.42 Å². The number of aryl methyl sites for hydroxylation is 2. The fourth-order valence-corrected chi connectivity index (χ4v) is 2.10. The molecule has 0 spiro atoms. The van der Waals surface area contributed by atoms with Crippen LogP contribution in [0.2, 0.25) is 0 Å². The summed E-state index contributed by atoms with van der Waals surface area (Å²) >= 11 is 0. The molecule has 0 fully saturated rings. The Bertz CT molecular complexity index is 830. The Labute approximate surface area is 109 Å². The molecule has 2 aromatic heterocycles. The Morgan fingerprint density at radius 1 is 1.32 bits per heavy atom. The van der Waals surface area contributed by atoms with E-state index in [0.717, 1.165) is 5.69 Å². The van der Waals surface area contributed by atoms with Crippen molar-refractivity contribution in [2.75, 3.05) is 5.73 Å². The fraction of sp³-hybridized carbons (Fsp3) is 0.143. The number of nitrogens with two attached hydrogens (primary N) is 1. The molecule has 0 saturated heterocycles. The van der Waals surface area contributed by atoms with Crippen molar-refractivity contribution in [3.8, 4) is 5.69 Å². The SMILES string of the molecule is Cc1coc2c(c(C)nn2-c2cccc(N)c2)c1=O. The molecule has 96 valence electrons. The van der Waals surface area contributed by atoms with Crippen LogP contribution in [0.3, 0.4) is 0 Å². The molecular weight excluding hydrogens is 242 g/mol. The van der Waals surface area contributed by atoms with E-state index in [4.69, 9.17) is 10.2 Å². The minimum Gasteiger partial charge on any atom is -0.445 e. The summed E-state index contributed by atoms with van der Waals surface area (Å²) in [6.45, 7) is 3.52. The number of hydrogen-bond acceptors (Lipinski definition) is 4. The monoisotopic (exact) mass is 255 g/mol. The molecule has 3 aromatic rings. The van der Waals surface area contributed by atoms with Gasteiger partial charge in [-0.25, -0.2) is 0 Å². The zero-order valence-electron chi connectivity index (χ0n) is 10.7. The van der Waals surface area contributed by atoms with Crippen LogP contribution in [-0.4, -0.2) is 9.78 Å². The molecule has 0 aliphatic carbocycles. The second-order valence-electron chi connectivity index (χ2n) is 4.52. The van der Waals surface area contributed by atoms with Crippen LogP contribution >= 0.6 is 0 Å². The van der Waals surface area contributed by atoms with E-state index in [-0.39, 0.29) is 5.43 Å². The van der Waals surface area contributed by atoms with E-state index >= 15 is 0 Å². The third-order valence-corrected chi connectivity index (χ3v) is 3.07. The molecule has 0 aliphatic rings. The summed E-state index contributed by atoms with van der Waals surface area (Å²) in [5.41, 5.74) is 8.78. The number of hydrogen-bond donors (Lipinski definition) is 1. The van der Waals surface area contributed by atoms with E-state index in [1.165, 1.54) is 6.26 Å². The van der Waals surface area contributed by atoms with Crippen molar-refractivity contribution in [2.45, 2.75) is 13.8 Å². The van der Waals surface area contributed by atoms with Crippen LogP contribution in [0.25, 0.3) is 16.8 Å². The van der Waals surface area contributed by atoms with E-state index in [0.29, 0.717) is 28.0 Å². The molecule has 0 radical (unpaired) electrons. The fourth-order valence-electron chi connectivity index (χ4n) is 2.10. The second-order valence-corrected chi connectivity index (χ2v) is 4.52. The molecule has 1 aromatic carbocycles. The molecule has 0 atom stereocenters. The van der Waals surface area contributed by atoms with Crippen molar-refractivity contribution >= 4 is 16.8 Å². The standard InChI is InChI=1S/C14H13N3O2/c1-8-7-19-14-12(13(8)18)9(2)16-17(14)11-5-3-4-10(15)6-11/h3-7H,15H2,1-2H3. The largest absolute Gasteiger partial charge is 0.445 e. The first-order valence-electron chi connectivity index (χ1n) is 5.91. The number of anilines is 1. The molecule has 0 unspecified atom stereocenters. The van der Waals surface area contributed by atoms with E-state index in [1.807, 2.05) is 12.1 Å². The first-order valence-corrected chi connectivity index (χ1v) is 5.91. The van der Waals surface area contributed by atoms with Gasteiger partial charge in [0.05, 0.1) is 17.6 Å². The van der Waals surface area contributed by atoms with Crippen molar-refractivity contribution in [3.05, 3.63) is 52.0 Å². The molecular formula is C14H13N3O2. The average molecular weight is 255 g/mol. The van der Waals surface area contributed by atoms with Crippen molar-refractivity contribution in [1.82, 2.24) is 9.78 Å². The van der Waals surface area contributed by atoms with Gasteiger partial charge >= 0.3 is 0 Å². The van der Waals surface area contributed by atoms with Gasteiger partial charge in [0.1, 0.15) is 5.39 Å². The van der Waals surface area contributed by atoms with Gasteiger partial charge in [-0.05, 0) is 32.0 Å². The lowest BCUT2D eigenvalue weighted by atomic mass is 10.2. The first kappa shape index (κ1) is 11.5. The van der Waals surface area contributed by atoms with E-state index < -0.39 is 0 Å². The van der Waals surface area contributed by atoms with Crippen LogP contribution in [0, 0.1) is 13.8 Å². The van der Waals surface area contributed by atoms with Crippen LogP contribution < -0.4 is 11.2 Å². The molecule has 5 nitrogen and oxygen atoms in total. The lowest BCUT2D eigenvalue weighted by Gasteiger charge is -2.03. The molecule has 0 bridgehead atoms. The Balaban J connectivity index is 2.38. The van der Waals surface area contributed by atoms with Gasteiger partial charge in [-0.1, -0.05) is 6.07 Å². The van der Waals surface area contributed by atoms with Gasteiger partial charge in [-0.2, -0.15) is 9.78 Å². The molecule has 2 heterocycles. The quantitative estimate of drug-likeness (QED) is 0.676. The number of rotatable bonds is 1. The van der Waals surface area contributed by atoms with Gasteiger partial charge < -0.3 is 10.2 Å². The maximum atomic E-state index is 12.1. The Morgan fingerprint density at radius 3 is 2.84 bits per heavy atom. The summed E-state index contributed by atoms with van der Waals surface area (Å²) in [7, 11) is 0. The average Bonchev–Trinajstić information content (AvgIpc) is 2.72. The number of nitrogens with zero attached hydrogens (tertiary/aromatic N) is 2. The highest BCUT2D eigenvalue weighted by molar-refractivity contribution is 5.78. The maximum Gasteiger partial charge on any atom is 0.233 e. The summed E-state index contributed by atoms with van der Waals surface area (Å²) in [4.78, 5) is 12.1. The predicted molar refractivity (Wildman–Crippen MR) is 73.5 cm³/mol. The first-order chi connectivity index (χ1) is 9.08. The Morgan fingerprint density at radius 2 is 2.11 bits per heavy atom. The minimum atomic E-state index is -0.0473. The number of aromatic nitrogens is 2. The molecule has 3 rings (SSSR count). The van der Waals surface area contributed by atoms with Crippen molar-refractivity contribution in [1.29, 1.82) is 0 Å². The van der Waals surface area contributed by atoms with Gasteiger partial charge in [-0.3, -0.25) is 4.79 Å². The number of benzene rings is 1. The van der Waals surface area contributed by atoms with Crippen molar-refractivity contribution in [2.24, 2.45) is 0 Å². The summed E-state index contributed by atoms with van der Waals surface area (Å²) in [6, 6.07) is 7.27. The van der Waals surface area contributed by atoms with Gasteiger partial charge in [0.15, 0.2) is 5.43 Å². The summed E-state index contributed by atoms with van der Waals surface area (Å²) in [5, 5.41) is 4.89. The van der Waals surface area contributed by atoms with Gasteiger partial charge in [0, 0.05) is 11.3 Å². The van der Waals surface area contributed by atoms with Crippen LogP contribution in [0.4, 0.5) is 5.69 Å². The topological polar surface area (TPSA) is 74.1 Å². The smallest absolute Gasteiger partial charge is 0.233 e. The van der Waals surface area contributed by atoms with Crippen molar-refractivity contribution in [3.63, 3.8) is 0 Å². The van der Waals surface area contributed by atoms with E-state index in [9.17, 15) is 4.79 Å². The zero-order valence-corrected chi connectivity index (χ0v) is 10.7. The second kappa shape index (κ2) is 3.98. The Hall–Kier alpha value is -2.56. The molecule has 0 saturated carbocycles. The van der Waals surface area contributed by atoms with Crippen LogP contribution in [0.1, 0.15) is 11.3 Å². The Kier molecular flexibility index (Phi) is 2.41. The minimum absolute atomic E-state index is 0.0473. The zero-order chi connectivity index (χ0) is 13.6. The highest BCUT2D eigenvalue weighted by atomic mass is 16.3. The lowest BCUT2D eigenvalue weighted by Crippen LogP contribution is -2.05. The molecule has 5 heteroatoms. The lowest BCUT2D eigenvalue weighted by molar-refractivity contribution is 0.568. The highest BCUT2D eigenvalue weighted by Crippen LogP contribution is 2.20. The molecule has 2 N–H and O–H groups in total. The van der Waals surface area contributed by atoms with E-state index in [1.54, 1.807) is 30.7 Å². The summed E-state index contributed by atoms with van der Waals surface area (Å²) in [6.07, 6.45) is 1.45. The molecule has 19 heavy (non-hydrogen) atoms. The van der Waals surface area contributed by atoms with Crippen LogP contribution in [-0.2, 0) is 0 Å². The number of nitrogen functional groups attached to an aromatic ring is 1. The van der Waals surface area contributed by atoms with Crippen LogP contribution in [0.15, 0.2) is 39.7 Å². The maximum absolute atomic E-state index is 12.1. The third-order valence-electron chi connectivity index (χ3n) is 3.07. The third kappa shape index (κ3) is 1.71. The van der Waals surface area contributed by atoms with Crippen LogP contribution in [0.5, 0.6) is 0 Å². The summed E-state index contributed by atoms with van der Waals surface area (Å²) < 4.78 is 7.13. The van der Waals surface area contributed by atoms with Gasteiger partial charge in [-0.15, -0.1) is 0 Å². The van der Waals surface area contributed by atoms with E-state index in [2.05, 4.69) is 5.10 Å². The highest BCUT2D eigenvalue weighted by Gasteiger charge is 2.15. The predicted octanol–water partition coefficient (Wildman–Crippen LogP) is 2.18. The van der Waals surface area contributed by atoms with Gasteiger partial charge in [0.25, 0.3) is 0 Å². The molecule has 0 amide bonds. The number of fused-ring (bicyclic) bond motifs is 1. The summed E-state index contributed by atoms with van der Waals surface area (Å²) in [5.74, 6) is 0.